The van der Waals surface area contributed by atoms with Crippen LogP contribution in [0.25, 0.3) is 0 Å². The van der Waals surface area contributed by atoms with Gasteiger partial charge in [0.15, 0.2) is 0 Å². The lowest BCUT2D eigenvalue weighted by Crippen LogP contribution is -2.61. The van der Waals surface area contributed by atoms with Gasteiger partial charge in [0.2, 0.25) is 0 Å². The molecule has 106 valence electrons. The Kier molecular flexibility index (Phi) is 3.11. The summed E-state index contributed by atoms with van der Waals surface area (Å²) in [5.41, 5.74) is 6.09. The number of ether oxygens (including phenoxy) is 1. The summed E-state index contributed by atoms with van der Waals surface area (Å²) in [4.78, 5) is 2.49. The van der Waals surface area contributed by atoms with Crippen molar-refractivity contribution in [3.8, 4) is 0 Å². The SMILES string of the molecule is CC1(C)CC(CN)(N2CCn3cnnc3C2)CCO1. The number of rotatable bonds is 2. The Morgan fingerprint density at radius 1 is 1.42 bits per heavy atom. The van der Waals surface area contributed by atoms with Crippen LogP contribution in [0.4, 0.5) is 0 Å². The molecule has 0 radical (unpaired) electrons. The van der Waals surface area contributed by atoms with Crippen molar-refractivity contribution in [2.75, 3.05) is 19.7 Å². The minimum absolute atomic E-state index is 0.0406. The largest absolute Gasteiger partial charge is 0.375 e. The predicted molar refractivity (Wildman–Crippen MR) is 71.5 cm³/mol. The second-order valence-electron chi connectivity index (χ2n) is 6.33. The molecule has 1 atom stereocenters. The van der Waals surface area contributed by atoms with Gasteiger partial charge in [-0.1, -0.05) is 0 Å². The van der Waals surface area contributed by atoms with E-state index in [2.05, 4.69) is 33.5 Å². The van der Waals surface area contributed by atoms with Gasteiger partial charge < -0.3 is 15.0 Å². The van der Waals surface area contributed by atoms with E-state index in [1.54, 1.807) is 0 Å². The number of nitrogens with zero attached hydrogens (tertiary/aromatic N) is 4. The Labute approximate surface area is 113 Å². The molecule has 2 aliphatic heterocycles. The molecule has 1 fully saturated rings. The summed E-state index contributed by atoms with van der Waals surface area (Å²) in [6, 6.07) is 0. The molecule has 0 spiro atoms. The Bertz CT molecular complexity index is 458. The lowest BCUT2D eigenvalue weighted by Gasteiger charge is -2.51. The van der Waals surface area contributed by atoms with Gasteiger partial charge >= 0.3 is 0 Å². The topological polar surface area (TPSA) is 69.2 Å². The van der Waals surface area contributed by atoms with Crippen molar-refractivity contribution >= 4 is 0 Å². The fourth-order valence-corrected chi connectivity index (χ4v) is 3.49. The first-order valence-corrected chi connectivity index (χ1v) is 7.00. The van der Waals surface area contributed by atoms with Gasteiger partial charge in [0.25, 0.3) is 0 Å². The normalized spacial score (nSPS) is 31.1. The van der Waals surface area contributed by atoms with Crippen LogP contribution in [0.1, 0.15) is 32.5 Å². The molecule has 2 N–H and O–H groups in total. The molecule has 3 rings (SSSR count). The molecule has 0 aliphatic carbocycles. The third-order valence-corrected chi connectivity index (χ3v) is 4.50. The van der Waals surface area contributed by atoms with Crippen LogP contribution in [0, 0.1) is 0 Å². The molecule has 2 aliphatic rings. The van der Waals surface area contributed by atoms with Crippen molar-refractivity contribution in [1.29, 1.82) is 0 Å². The highest BCUT2D eigenvalue weighted by atomic mass is 16.5. The standard InChI is InChI=1S/C13H23N5O/c1-12(2)8-13(9-14,3-6-19-12)18-5-4-17-10-15-16-11(17)7-18/h10H,3-9,14H2,1-2H3. The van der Waals surface area contributed by atoms with Crippen molar-refractivity contribution in [3.05, 3.63) is 12.2 Å². The van der Waals surface area contributed by atoms with Crippen molar-refractivity contribution in [2.45, 2.75) is 50.9 Å². The molecule has 0 amide bonds. The van der Waals surface area contributed by atoms with Crippen molar-refractivity contribution < 1.29 is 4.74 Å². The molecule has 6 nitrogen and oxygen atoms in total. The third-order valence-electron chi connectivity index (χ3n) is 4.50. The monoisotopic (exact) mass is 265 g/mol. The summed E-state index contributed by atoms with van der Waals surface area (Å²) >= 11 is 0. The third kappa shape index (κ3) is 2.28. The van der Waals surface area contributed by atoms with Crippen LogP contribution in [-0.2, 0) is 17.8 Å². The van der Waals surface area contributed by atoms with Crippen LogP contribution in [0.3, 0.4) is 0 Å². The van der Waals surface area contributed by atoms with Gasteiger partial charge in [-0.2, -0.15) is 0 Å². The molecule has 3 heterocycles. The van der Waals surface area contributed by atoms with Crippen molar-refractivity contribution in [1.82, 2.24) is 19.7 Å². The zero-order valence-corrected chi connectivity index (χ0v) is 11.8. The Hall–Kier alpha value is -0.980. The van der Waals surface area contributed by atoms with Crippen LogP contribution in [0.2, 0.25) is 0 Å². The van der Waals surface area contributed by atoms with Crippen LogP contribution in [0.15, 0.2) is 6.33 Å². The highest BCUT2D eigenvalue weighted by Gasteiger charge is 2.45. The summed E-state index contributed by atoms with van der Waals surface area (Å²) in [5, 5.41) is 8.19. The minimum atomic E-state index is -0.0945. The predicted octanol–water partition coefficient (Wildman–Crippen LogP) is 0.380. The Balaban J connectivity index is 1.83. The fraction of sp³-hybridized carbons (Fsp3) is 0.846. The van der Waals surface area contributed by atoms with E-state index in [-0.39, 0.29) is 11.1 Å². The van der Waals surface area contributed by atoms with Crippen molar-refractivity contribution in [3.63, 3.8) is 0 Å². The van der Waals surface area contributed by atoms with E-state index in [4.69, 9.17) is 10.5 Å². The van der Waals surface area contributed by atoms with Crippen LogP contribution in [-0.4, -0.2) is 50.5 Å². The first-order chi connectivity index (χ1) is 9.05. The molecule has 0 aromatic carbocycles. The quantitative estimate of drug-likeness (QED) is 0.837. The van der Waals surface area contributed by atoms with Crippen molar-refractivity contribution in [2.24, 2.45) is 5.73 Å². The fourth-order valence-electron chi connectivity index (χ4n) is 3.49. The minimum Gasteiger partial charge on any atom is -0.375 e. The first kappa shape index (κ1) is 13.0. The average Bonchev–Trinajstić information content (AvgIpc) is 2.84. The lowest BCUT2D eigenvalue weighted by atomic mass is 9.79. The highest BCUT2D eigenvalue weighted by molar-refractivity contribution is 5.03. The molecule has 0 bridgehead atoms. The number of fused-ring (bicyclic) bond motifs is 1. The van der Waals surface area contributed by atoms with Gasteiger partial charge in [-0.25, -0.2) is 0 Å². The van der Waals surface area contributed by atoms with E-state index in [1.165, 1.54) is 0 Å². The smallest absolute Gasteiger partial charge is 0.147 e. The van der Waals surface area contributed by atoms with E-state index in [1.807, 2.05) is 6.33 Å². The molecule has 6 heteroatoms. The zero-order valence-electron chi connectivity index (χ0n) is 11.8. The van der Waals surface area contributed by atoms with Gasteiger partial charge in [-0.15, -0.1) is 10.2 Å². The molecule has 1 aromatic rings. The summed E-state index contributed by atoms with van der Waals surface area (Å²) < 4.78 is 7.98. The molecular formula is C13H23N5O. The number of hydrogen-bond acceptors (Lipinski definition) is 5. The highest BCUT2D eigenvalue weighted by Crippen LogP contribution is 2.37. The molecule has 1 aromatic heterocycles. The Morgan fingerprint density at radius 3 is 3.00 bits per heavy atom. The molecule has 19 heavy (non-hydrogen) atoms. The summed E-state index contributed by atoms with van der Waals surface area (Å²) in [7, 11) is 0. The van der Waals surface area contributed by atoms with Gasteiger partial charge in [0.05, 0.1) is 12.1 Å². The van der Waals surface area contributed by atoms with Gasteiger partial charge in [0.1, 0.15) is 12.2 Å². The van der Waals surface area contributed by atoms with E-state index < -0.39 is 0 Å². The van der Waals surface area contributed by atoms with Crippen LogP contribution < -0.4 is 5.73 Å². The van der Waals surface area contributed by atoms with E-state index in [0.29, 0.717) is 6.54 Å². The zero-order chi connectivity index (χ0) is 13.5. The van der Waals surface area contributed by atoms with Gasteiger partial charge in [-0.05, 0) is 26.7 Å². The lowest BCUT2D eigenvalue weighted by molar-refractivity contribution is -0.123. The summed E-state index contributed by atoms with van der Waals surface area (Å²) in [6.45, 7) is 8.57. The summed E-state index contributed by atoms with van der Waals surface area (Å²) in [5.74, 6) is 1.04. The molecule has 1 unspecified atom stereocenters. The second-order valence-corrected chi connectivity index (χ2v) is 6.33. The number of hydrogen-bond donors (Lipinski definition) is 1. The van der Waals surface area contributed by atoms with Crippen LogP contribution >= 0.6 is 0 Å². The van der Waals surface area contributed by atoms with Gasteiger partial charge in [-0.3, -0.25) is 4.90 Å². The van der Waals surface area contributed by atoms with E-state index in [9.17, 15) is 0 Å². The molecular weight excluding hydrogens is 242 g/mol. The van der Waals surface area contributed by atoms with E-state index in [0.717, 1.165) is 44.9 Å². The maximum absolute atomic E-state index is 6.15. The number of aromatic nitrogens is 3. The molecule has 0 saturated carbocycles. The van der Waals surface area contributed by atoms with Crippen LogP contribution in [0.5, 0.6) is 0 Å². The maximum Gasteiger partial charge on any atom is 0.147 e. The first-order valence-electron chi connectivity index (χ1n) is 7.00. The second kappa shape index (κ2) is 4.54. The van der Waals surface area contributed by atoms with E-state index >= 15 is 0 Å². The maximum atomic E-state index is 6.15. The number of nitrogens with two attached hydrogens (primary N) is 1. The average molecular weight is 265 g/mol. The molecule has 1 saturated heterocycles. The van der Waals surface area contributed by atoms with Gasteiger partial charge in [0, 0.05) is 31.8 Å². The summed E-state index contributed by atoms with van der Waals surface area (Å²) in [6.07, 6.45) is 3.79. The Morgan fingerprint density at radius 2 is 2.26 bits per heavy atom.